The Kier molecular flexibility index (Phi) is 6.60. The summed E-state index contributed by atoms with van der Waals surface area (Å²) in [5.41, 5.74) is 0.960. The van der Waals surface area contributed by atoms with Crippen molar-refractivity contribution in [2.45, 2.75) is 13.0 Å². The van der Waals surface area contributed by atoms with Crippen LogP contribution in [-0.4, -0.2) is 33.8 Å². The van der Waals surface area contributed by atoms with Gasteiger partial charge >= 0.3 is 6.61 Å². The summed E-state index contributed by atoms with van der Waals surface area (Å²) in [6, 6.07) is 9.34. The van der Waals surface area contributed by atoms with Gasteiger partial charge in [-0.3, -0.25) is 4.79 Å². The van der Waals surface area contributed by atoms with Crippen molar-refractivity contribution in [3.05, 3.63) is 42.0 Å². The minimum atomic E-state index is -3.00. The quantitative estimate of drug-likeness (QED) is 0.774. The third-order valence-electron chi connectivity index (χ3n) is 3.51. The molecule has 6 nitrogen and oxygen atoms in total. The van der Waals surface area contributed by atoms with E-state index in [1.807, 2.05) is 0 Å². The van der Waals surface area contributed by atoms with Gasteiger partial charge in [0.15, 0.2) is 11.5 Å². The number of rotatable bonds is 8. The number of hydrogen-bond donors (Lipinski definition) is 1. The first-order valence-electron chi connectivity index (χ1n) is 7.60. The highest BCUT2D eigenvalue weighted by molar-refractivity contribution is 5.93. The number of methoxy groups -OCH3 is 3. The van der Waals surface area contributed by atoms with Crippen molar-refractivity contribution in [2.75, 3.05) is 26.6 Å². The Morgan fingerprint density at radius 1 is 0.962 bits per heavy atom. The molecule has 1 N–H and O–H groups in total. The molecular weight excluding hydrogens is 348 g/mol. The summed E-state index contributed by atoms with van der Waals surface area (Å²) >= 11 is 0. The largest absolute Gasteiger partial charge is 0.497 e. The van der Waals surface area contributed by atoms with E-state index in [1.165, 1.54) is 39.5 Å². The standard InChI is InChI=1S/C18H19F2NO5/c1-23-13-6-4-11(15(10-13)25-3)8-17(22)21-12-5-7-14(24-2)16(9-12)26-18(19)20/h4-7,9-10,18H,8H2,1-3H3,(H,21,22). The average Bonchev–Trinajstić information content (AvgIpc) is 2.61. The van der Waals surface area contributed by atoms with E-state index in [0.29, 0.717) is 22.7 Å². The van der Waals surface area contributed by atoms with Gasteiger partial charge in [-0.1, -0.05) is 6.07 Å². The van der Waals surface area contributed by atoms with Crippen LogP contribution in [0, 0.1) is 0 Å². The van der Waals surface area contributed by atoms with Crippen LogP contribution < -0.4 is 24.3 Å². The van der Waals surface area contributed by atoms with E-state index in [0.717, 1.165) is 0 Å². The lowest BCUT2D eigenvalue weighted by Crippen LogP contribution is -2.15. The third kappa shape index (κ3) is 4.98. The smallest absolute Gasteiger partial charge is 0.387 e. The molecule has 0 saturated carbocycles. The van der Waals surface area contributed by atoms with Gasteiger partial charge in [0, 0.05) is 23.4 Å². The first kappa shape index (κ1) is 19.3. The van der Waals surface area contributed by atoms with Gasteiger partial charge < -0.3 is 24.3 Å². The fraction of sp³-hybridized carbons (Fsp3) is 0.278. The summed E-state index contributed by atoms with van der Waals surface area (Å²) in [5, 5.41) is 2.63. The Labute approximate surface area is 149 Å². The topological polar surface area (TPSA) is 66.0 Å². The van der Waals surface area contributed by atoms with Crippen LogP contribution in [0.2, 0.25) is 0 Å². The molecule has 0 bridgehead atoms. The molecule has 0 heterocycles. The molecule has 0 radical (unpaired) electrons. The molecule has 0 aliphatic carbocycles. The second kappa shape index (κ2) is 8.89. The van der Waals surface area contributed by atoms with Crippen LogP contribution in [0.5, 0.6) is 23.0 Å². The summed E-state index contributed by atoms with van der Waals surface area (Å²) < 4.78 is 44.7. The highest BCUT2D eigenvalue weighted by Crippen LogP contribution is 2.32. The molecule has 1 amide bonds. The maximum absolute atomic E-state index is 12.5. The summed E-state index contributed by atoms with van der Waals surface area (Å²) in [6.07, 6.45) is 0.0320. The Morgan fingerprint density at radius 2 is 1.69 bits per heavy atom. The minimum absolute atomic E-state index is 0.0320. The fourth-order valence-electron chi connectivity index (χ4n) is 2.32. The Bertz CT molecular complexity index is 767. The van der Waals surface area contributed by atoms with Crippen molar-refractivity contribution < 1.29 is 32.5 Å². The van der Waals surface area contributed by atoms with Gasteiger partial charge in [0.25, 0.3) is 0 Å². The van der Waals surface area contributed by atoms with E-state index in [9.17, 15) is 13.6 Å². The van der Waals surface area contributed by atoms with Gasteiger partial charge in [0.05, 0.1) is 27.8 Å². The predicted molar refractivity (Wildman–Crippen MR) is 91.5 cm³/mol. The number of carbonyl (C=O) groups is 1. The molecule has 0 aliphatic rings. The summed E-state index contributed by atoms with van der Waals surface area (Å²) in [4.78, 5) is 12.3. The number of benzene rings is 2. The predicted octanol–water partition coefficient (Wildman–Crippen LogP) is 3.50. The van der Waals surface area contributed by atoms with E-state index in [2.05, 4.69) is 10.1 Å². The van der Waals surface area contributed by atoms with Crippen LogP contribution >= 0.6 is 0 Å². The molecule has 0 spiro atoms. The number of carbonyl (C=O) groups excluding carboxylic acids is 1. The Morgan fingerprint density at radius 3 is 2.31 bits per heavy atom. The highest BCUT2D eigenvalue weighted by atomic mass is 19.3. The lowest BCUT2D eigenvalue weighted by atomic mass is 10.1. The van der Waals surface area contributed by atoms with Crippen LogP contribution in [0.25, 0.3) is 0 Å². The number of anilines is 1. The molecule has 0 unspecified atom stereocenters. The molecule has 8 heteroatoms. The second-order valence-electron chi connectivity index (χ2n) is 5.15. The summed E-state index contributed by atoms with van der Waals surface area (Å²) in [5.74, 6) is 0.745. The molecular formula is C18H19F2NO5. The maximum atomic E-state index is 12.5. The van der Waals surface area contributed by atoms with Gasteiger partial charge in [0.2, 0.25) is 5.91 Å². The molecule has 140 valence electrons. The van der Waals surface area contributed by atoms with E-state index in [-0.39, 0.29) is 23.8 Å². The molecule has 2 aromatic rings. The van der Waals surface area contributed by atoms with E-state index in [1.54, 1.807) is 18.2 Å². The SMILES string of the molecule is COc1ccc(CC(=O)Nc2ccc(OC)c(OC(F)F)c2)c(OC)c1. The fourth-order valence-corrected chi connectivity index (χ4v) is 2.32. The second-order valence-corrected chi connectivity index (χ2v) is 5.15. The van der Waals surface area contributed by atoms with Gasteiger partial charge in [0.1, 0.15) is 11.5 Å². The van der Waals surface area contributed by atoms with Gasteiger partial charge in [-0.2, -0.15) is 8.78 Å². The summed E-state index contributed by atoms with van der Waals surface area (Å²) in [6.45, 7) is -3.00. The van der Waals surface area contributed by atoms with Gasteiger partial charge in [-0.25, -0.2) is 0 Å². The van der Waals surface area contributed by atoms with Crippen molar-refractivity contribution in [1.29, 1.82) is 0 Å². The first-order valence-corrected chi connectivity index (χ1v) is 7.60. The van der Waals surface area contributed by atoms with E-state index >= 15 is 0 Å². The number of nitrogens with one attached hydrogen (secondary N) is 1. The Balaban J connectivity index is 2.12. The van der Waals surface area contributed by atoms with Crippen LogP contribution in [0.15, 0.2) is 36.4 Å². The molecule has 0 saturated heterocycles. The van der Waals surface area contributed by atoms with Crippen molar-refractivity contribution in [3.63, 3.8) is 0 Å². The maximum Gasteiger partial charge on any atom is 0.387 e. The lowest BCUT2D eigenvalue weighted by Gasteiger charge is -2.13. The number of halogens is 2. The number of ether oxygens (including phenoxy) is 4. The Hall–Kier alpha value is -3.03. The van der Waals surface area contributed by atoms with Crippen LogP contribution in [-0.2, 0) is 11.2 Å². The molecule has 2 aromatic carbocycles. The summed E-state index contributed by atoms with van der Waals surface area (Å²) in [7, 11) is 4.36. The molecule has 0 aromatic heterocycles. The van der Waals surface area contributed by atoms with Gasteiger partial charge in [-0.05, 0) is 18.2 Å². The van der Waals surface area contributed by atoms with Crippen LogP contribution in [0.1, 0.15) is 5.56 Å². The molecule has 2 rings (SSSR count). The van der Waals surface area contributed by atoms with E-state index in [4.69, 9.17) is 14.2 Å². The third-order valence-corrected chi connectivity index (χ3v) is 3.51. The number of amides is 1. The highest BCUT2D eigenvalue weighted by Gasteiger charge is 2.14. The van der Waals surface area contributed by atoms with Crippen molar-refractivity contribution in [1.82, 2.24) is 0 Å². The van der Waals surface area contributed by atoms with Gasteiger partial charge in [-0.15, -0.1) is 0 Å². The average molecular weight is 367 g/mol. The molecule has 0 aliphatic heterocycles. The van der Waals surface area contributed by atoms with Crippen LogP contribution in [0.4, 0.5) is 14.5 Å². The zero-order valence-corrected chi connectivity index (χ0v) is 14.5. The first-order chi connectivity index (χ1) is 12.5. The molecule has 0 atom stereocenters. The zero-order valence-electron chi connectivity index (χ0n) is 14.5. The number of hydrogen-bond acceptors (Lipinski definition) is 5. The van der Waals surface area contributed by atoms with Crippen molar-refractivity contribution in [2.24, 2.45) is 0 Å². The molecule has 26 heavy (non-hydrogen) atoms. The molecule has 0 fully saturated rings. The number of alkyl halides is 2. The van der Waals surface area contributed by atoms with Crippen molar-refractivity contribution >= 4 is 11.6 Å². The minimum Gasteiger partial charge on any atom is -0.497 e. The zero-order chi connectivity index (χ0) is 19.1. The monoisotopic (exact) mass is 367 g/mol. The van der Waals surface area contributed by atoms with E-state index < -0.39 is 6.61 Å². The lowest BCUT2D eigenvalue weighted by molar-refractivity contribution is -0.115. The van der Waals surface area contributed by atoms with Crippen LogP contribution in [0.3, 0.4) is 0 Å². The normalized spacial score (nSPS) is 10.4. The van der Waals surface area contributed by atoms with Crippen molar-refractivity contribution in [3.8, 4) is 23.0 Å².